The molecule has 0 fully saturated rings. The second kappa shape index (κ2) is 7.67. The maximum atomic E-state index is 12.4. The summed E-state index contributed by atoms with van der Waals surface area (Å²) in [5.74, 6) is -0.198. The van der Waals surface area contributed by atoms with E-state index in [1.807, 2.05) is 37.3 Å². The van der Waals surface area contributed by atoms with Gasteiger partial charge >= 0.3 is 0 Å². The zero-order valence-electron chi connectivity index (χ0n) is 14.8. The highest BCUT2D eigenvalue weighted by Gasteiger charge is 2.16. The van der Waals surface area contributed by atoms with Crippen molar-refractivity contribution in [2.45, 2.75) is 29.0 Å². The minimum absolute atomic E-state index is 0.00115. The van der Waals surface area contributed by atoms with Crippen LogP contribution < -0.4 is 10.5 Å². The number of rotatable bonds is 5. The lowest BCUT2D eigenvalue weighted by Gasteiger charge is -2.13. The van der Waals surface area contributed by atoms with Gasteiger partial charge in [-0.1, -0.05) is 30.0 Å². The van der Waals surface area contributed by atoms with Crippen molar-refractivity contribution in [1.29, 1.82) is 0 Å². The van der Waals surface area contributed by atoms with Crippen molar-refractivity contribution in [2.24, 2.45) is 5.14 Å². The summed E-state index contributed by atoms with van der Waals surface area (Å²) in [5, 5.41) is 9.33. The fourth-order valence-electron chi connectivity index (χ4n) is 2.59. The zero-order chi connectivity index (χ0) is 19.6. The molecule has 27 heavy (non-hydrogen) atoms. The van der Waals surface area contributed by atoms with Gasteiger partial charge in [0.25, 0.3) is 0 Å². The van der Waals surface area contributed by atoms with Gasteiger partial charge in [0.2, 0.25) is 15.9 Å². The van der Waals surface area contributed by atoms with Gasteiger partial charge in [-0.25, -0.2) is 18.5 Å². The average molecular weight is 402 g/mol. The first-order chi connectivity index (χ1) is 12.7. The van der Waals surface area contributed by atoms with Crippen LogP contribution >= 0.6 is 11.8 Å². The van der Waals surface area contributed by atoms with E-state index in [1.54, 1.807) is 6.92 Å². The number of carbonyl (C=O) groups is 1. The number of benzene rings is 2. The fourth-order valence-corrected chi connectivity index (χ4v) is 4.02. The number of nitrogens with one attached hydrogen (secondary N) is 1. The first-order valence-electron chi connectivity index (χ1n) is 8.21. The van der Waals surface area contributed by atoms with E-state index in [0.29, 0.717) is 5.69 Å². The van der Waals surface area contributed by atoms with Gasteiger partial charge < -0.3 is 5.32 Å². The number of hydrogen-bond donors (Lipinski definition) is 2. The number of anilines is 1. The van der Waals surface area contributed by atoms with Crippen LogP contribution in [0.25, 0.3) is 10.9 Å². The highest BCUT2D eigenvalue weighted by Crippen LogP contribution is 2.27. The molecule has 0 spiro atoms. The van der Waals surface area contributed by atoms with Crippen LogP contribution in [0.15, 0.2) is 64.5 Å². The van der Waals surface area contributed by atoms with E-state index in [1.165, 1.54) is 36.0 Å². The number of carbonyl (C=O) groups excluding carboxylic acids is 1. The third-order valence-corrected chi connectivity index (χ3v) is 5.96. The van der Waals surface area contributed by atoms with Crippen LogP contribution in [-0.4, -0.2) is 24.6 Å². The van der Waals surface area contributed by atoms with Crippen LogP contribution in [0.3, 0.4) is 0 Å². The number of nitrogens with two attached hydrogens (primary N) is 1. The molecule has 1 heterocycles. The van der Waals surface area contributed by atoms with Crippen LogP contribution in [0.2, 0.25) is 0 Å². The molecular weight excluding hydrogens is 382 g/mol. The number of sulfonamides is 1. The van der Waals surface area contributed by atoms with Gasteiger partial charge in [0.05, 0.1) is 20.7 Å². The Morgan fingerprint density at radius 3 is 2.48 bits per heavy atom. The van der Waals surface area contributed by atoms with Gasteiger partial charge in [-0.3, -0.25) is 4.79 Å². The van der Waals surface area contributed by atoms with E-state index >= 15 is 0 Å². The Labute approximate surface area is 162 Å². The molecule has 0 saturated carbocycles. The van der Waals surface area contributed by atoms with Crippen molar-refractivity contribution in [2.75, 3.05) is 5.32 Å². The summed E-state index contributed by atoms with van der Waals surface area (Å²) in [6.45, 7) is 3.82. The number of pyridine rings is 1. The Bertz CT molecular complexity index is 1100. The monoisotopic (exact) mass is 401 g/mol. The average Bonchev–Trinajstić information content (AvgIpc) is 2.61. The summed E-state index contributed by atoms with van der Waals surface area (Å²) in [7, 11) is -3.75. The molecule has 0 aliphatic heterocycles. The highest BCUT2D eigenvalue weighted by molar-refractivity contribution is 8.00. The largest absolute Gasteiger partial charge is 0.325 e. The minimum atomic E-state index is -3.75. The Kier molecular flexibility index (Phi) is 5.50. The SMILES string of the molecule is Cc1cc(S[C@H](C)C(=O)Nc2ccc(S(N)(=O)=O)cc2)nc2ccccc12. The standard InChI is InChI=1S/C19H19N3O3S2/c1-12-11-18(22-17-6-4-3-5-16(12)17)26-13(2)19(23)21-14-7-9-15(10-8-14)27(20,24)25/h3-11,13H,1-2H3,(H,21,23)(H2,20,24,25)/t13-/m1/s1. The van der Waals surface area contributed by atoms with Gasteiger partial charge in [0, 0.05) is 11.1 Å². The Balaban J connectivity index is 1.71. The summed E-state index contributed by atoms with van der Waals surface area (Å²) in [5.41, 5.74) is 2.50. The molecule has 8 heteroatoms. The van der Waals surface area contributed by atoms with Crippen molar-refractivity contribution < 1.29 is 13.2 Å². The van der Waals surface area contributed by atoms with Gasteiger partial charge in [-0.2, -0.15) is 0 Å². The van der Waals surface area contributed by atoms with Gasteiger partial charge in [-0.15, -0.1) is 0 Å². The maximum absolute atomic E-state index is 12.4. The molecule has 0 saturated heterocycles. The molecule has 0 unspecified atom stereocenters. The predicted molar refractivity (Wildman–Crippen MR) is 108 cm³/mol. The smallest absolute Gasteiger partial charge is 0.238 e. The summed E-state index contributed by atoms with van der Waals surface area (Å²) in [6.07, 6.45) is 0. The van der Waals surface area contributed by atoms with E-state index < -0.39 is 10.0 Å². The first kappa shape index (κ1) is 19.3. The molecule has 6 nitrogen and oxygen atoms in total. The molecule has 3 rings (SSSR count). The number of amides is 1. The molecule has 1 aromatic heterocycles. The van der Waals surface area contributed by atoms with Crippen molar-refractivity contribution in [3.05, 3.63) is 60.2 Å². The molecule has 3 aromatic rings. The number of fused-ring (bicyclic) bond motifs is 1. The third kappa shape index (κ3) is 4.65. The van der Waals surface area contributed by atoms with Crippen molar-refractivity contribution in [1.82, 2.24) is 4.98 Å². The number of primary sulfonamides is 1. The van der Waals surface area contributed by atoms with Crippen molar-refractivity contribution in [3.8, 4) is 0 Å². The molecule has 0 aliphatic carbocycles. The molecule has 2 aromatic carbocycles. The first-order valence-corrected chi connectivity index (χ1v) is 10.6. The number of nitrogens with zero attached hydrogens (tertiary/aromatic N) is 1. The van der Waals surface area contributed by atoms with E-state index in [2.05, 4.69) is 10.3 Å². The van der Waals surface area contributed by atoms with Gasteiger partial charge in [0.15, 0.2) is 0 Å². The maximum Gasteiger partial charge on any atom is 0.238 e. The normalized spacial score (nSPS) is 12.7. The zero-order valence-corrected chi connectivity index (χ0v) is 16.5. The van der Waals surface area contributed by atoms with Crippen LogP contribution in [0, 0.1) is 6.92 Å². The Morgan fingerprint density at radius 1 is 1.15 bits per heavy atom. The number of thioether (sulfide) groups is 1. The summed E-state index contributed by atoms with van der Waals surface area (Å²) < 4.78 is 22.6. The van der Waals surface area contributed by atoms with E-state index in [-0.39, 0.29) is 16.1 Å². The molecule has 140 valence electrons. The summed E-state index contributed by atoms with van der Waals surface area (Å²) >= 11 is 1.37. The second-order valence-corrected chi connectivity index (χ2v) is 9.04. The third-order valence-electron chi connectivity index (χ3n) is 4.02. The molecule has 1 amide bonds. The molecule has 0 radical (unpaired) electrons. The lowest BCUT2D eigenvalue weighted by atomic mass is 10.1. The van der Waals surface area contributed by atoms with Crippen molar-refractivity contribution in [3.63, 3.8) is 0 Å². The van der Waals surface area contributed by atoms with E-state index in [4.69, 9.17) is 5.14 Å². The predicted octanol–water partition coefficient (Wildman–Crippen LogP) is 3.31. The summed E-state index contributed by atoms with van der Waals surface area (Å²) in [4.78, 5) is 17.0. The number of aromatic nitrogens is 1. The number of aryl methyl sites for hydroxylation is 1. The Hall–Kier alpha value is -2.42. The van der Waals surface area contributed by atoms with Crippen molar-refractivity contribution >= 4 is 44.3 Å². The van der Waals surface area contributed by atoms with E-state index in [9.17, 15) is 13.2 Å². The molecule has 0 bridgehead atoms. The minimum Gasteiger partial charge on any atom is -0.325 e. The Morgan fingerprint density at radius 2 is 1.81 bits per heavy atom. The number of para-hydroxylation sites is 1. The summed E-state index contributed by atoms with van der Waals surface area (Å²) in [6, 6.07) is 15.6. The lowest BCUT2D eigenvalue weighted by molar-refractivity contribution is -0.115. The number of hydrogen-bond acceptors (Lipinski definition) is 5. The molecular formula is C19H19N3O3S2. The molecule has 0 aliphatic rings. The van der Waals surface area contributed by atoms with Gasteiger partial charge in [-0.05, 0) is 55.8 Å². The quantitative estimate of drug-likeness (QED) is 0.639. The molecule has 1 atom stereocenters. The van der Waals surface area contributed by atoms with Crippen LogP contribution in [-0.2, 0) is 14.8 Å². The van der Waals surface area contributed by atoms with Crippen LogP contribution in [0.5, 0.6) is 0 Å². The molecule has 3 N–H and O–H groups in total. The lowest BCUT2D eigenvalue weighted by Crippen LogP contribution is -2.22. The second-order valence-electron chi connectivity index (χ2n) is 6.11. The topological polar surface area (TPSA) is 102 Å². The van der Waals surface area contributed by atoms with Gasteiger partial charge in [0.1, 0.15) is 0 Å². The van der Waals surface area contributed by atoms with E-state index in [0.717, 1.165) is 21.5 Å². The van der Waals surface area contributed by atoms with Crippen LogP contribution in [0.4, 0.5) is 5.69 Å². The van der Waals surface area contributed by atoms with Crippen LogP contribution in [0.1, 0.15) is 12.5 Å². The highest BCUT2D eigenvalue weighted by atomic mass is 32.2. The fraction of sp³-hybridized carbons (Fsp3) is 0.158.